The Morgan fingerprint density at radius 3 is 2.93 bits per heavy atom. The maximum absolute atomic E-state index is 8.48. The van der Waals surface area contributed by atoms with Crippen LogP contribution in [0.2, 0.25) is 0 Å². The van der Waals surface area contributed by atoms with Crippen LogP contribution in [0.4, 0.5) is 5.13 Å². The number of thiazole rings is 1. The van der Waals surface area contributed by atoms with Crippen molar-refractivity contribution < 1.29 is 9.94 Å². The van der Waals surface area contributed by atoms with Crippen molar-refractivity contribution in [2.24, 2.45) is 5.16 Å². The fourth-order valence-corrected chi connectivity index (χ4v) is 2.44. The van der Waals surface area contributed by atoms with E-state index in [-0.39, 0.29) is 0 Å². The topological polar surface area (TPSA) is 58.0 Å². The maximum Gasteiger partial charge on any atom is 0.186 e. The summed E-state index contributed by atoms with van der Waals surface area (Å²) in [6, 6.07) is 0. The van der Waals surface area contributed by atoms with Crippen LogP contribution in [0.3, 0.4) is 0 Å². The van der Waals surface area contributed by atoms with Crippen molar-refractivity contribution in [3.8, 4) is 0 Å². The normalized spacial score (nSPS) is 17.5. The Balaban J connectivity index is 2.17. The molecule has 1 N–H and O–H groups in total. The molecule has 1 aromatic heterocycles. The minimum atomic E-state index is 0.752. The van der Waals surface area contributed by atoms with E-state index in [0.717, 1.165) is 42.0 Å². The second-order valence-corrected chi connectivity index (χ2v) is 4.30. The highest BCUT2D eigenvalue weighted by Gasteiger charge is 2.15. The van der Waals surface area contributed by atoms with E-state index >= 15 is 0 Å². The number of ether oxygens (including phenoxy) is 1. The van der Waals surface area contributed by atoms with E-state index in [9.17, 15) is 0 Å². The molecule has 0 aromatic carbocycles. The summed E-state index contributed by atoms with van der Waals surface area (Å²) in [5.74, 6) is 0. The van der Waals surface area contributed by atoms with Gasteiger partial charge in [0.05, 0.1) is 30.0 Å². The van der Waals surface area contributed by atoms with Crippen LogP contribution in [-0.2, 0) is 4.74 Å². The van der Waals surface area contributed by atoms with Crippen molar-refractivity contribution in [2.45, 2.75) is 6.92 Å². The zero-order valence-corrected chi connectivity index (χ0v) is 9.33. The second kappa shape index (κ2) is 4.59. The molecule has 5 nitrogen and oxygen atoms in total. The molecule has 2 rings (SSSR count). The molecule has 1 aliphatic heterocycles. The zero-order chi connectivity index (χ0) is 10.7. The first kappa shape index (κ1) is 10.4. The lowest BCUT2D eigenvalue weighted by atomic mass is 10.4. The molecule has 0 radical (unpaired) electrons. The Hall–Kier alpha value is -1.14. The van der Waals surface area contributed by atoms with Crippen LogP contribution in [0.25, 0.3) is 0 Å². The van der Waals surface area contributed by atoms with Gasteiger partial charge < -0.3 is 14.8 Å². The number of morpholine rings is 1. The summed E-state index contributed by atoms with van der Waals surface area (Å²) >= 11 is 1.54. The molecular formula is C9H13N3O2S. The Labute approximate surface area is 92.0 Å². The van der Waals surface area contributed by atoms with Gasteiger partial charge in [-0.2, -0.15) is 0 Å². The number of oxime groups is 1. The van der Waals surface area contributed by atoms with Gasteiger partial charge in [0.25, 0.3) is 0 Å². The molecule has 15 heavy (non-hydrogen) atoms. The van der Waals surface area contributed by atoms with Crippen LogP contribution >= 0.6 is 11.3 Å². The predicted molar refractivity (Wildman–Crippen MR) is 59.3 cm³/mol. The highest BCUT2D eigenvalue weighted by molar-refractivity contribution is 7.17. The van der Waals surface area contributed by atoms with Crippen molar-refractivity contribution in [2.75, 3.05) is 31.2 Å². The number of hydrogen-bond donors (Lipinski definition) is 1. The number of aryl methyl sites for hydroxylation is 1. The highest BCUT2D eigenvalue weighted by Crippen LogP contribution is 2.25. The molecule has 0 unspecified atom stereocenters. The summed E-state index contributed by atoms with van der Waals surface area (Å²) in [4.78, 5) is 7.53. The summed E-state index contributed by atoms with van der Waals surface area (Å²) in [6.45, 7) is 5.17. The third kappa shape index (κ3) is 2.27. The molecule has 0 bridgehead atoms. The molecular weight excluding hydrogens is 214 g/mol. The number of anilines is 1. The molecule has 6 heteroatoms. The van der Waals surface area contributed by atoms with E-state index in [4.69, 9.17) is 9.94 Å². The Kier molecular flexibility index (Phi) is 3.17. The van der Waals surface area contributed by atoms with E-state index in [1.54, 1.807) is 11.3 Å². The fraction of sp³-hybridized carbons (Fsp3) is 0.556. The largest absolute Gasteiger partial charge is 0.411 e. The van der Waals surface area contributed by atoms with Crippen molar-refractivity contribution >= 4 is 22.7 Å². The van der Waals surface area contributed by atoms with Crippen LogP contribution in [0.5, 0.6) is 0 Å². The van der Waals surface area contributed by atoms with E-state index in [1.807, 2.05) is 6.92 Å². The summed E-state index contributed by atoms with van der Waals surface area (Å²) in [5, 5.41) is 12.5. The molecule has 1 aliphatic rings. The summed E-state index contributed by atoms with van der Waals surface area (Å²) < 4.78 is 5.27. The molecule has 0 aliphatic carbocycles. The van der Waals surface area contributed by atoms with Gasteiger partial charge >= 0.3 is 0 Å². The number of rotatable bonds is 2. The quantitative estimate of drug-likeness (QED) is 0.467. The van der Waals surface area contributed by atoms with Gasteiger partial charge in [-0.1, -0.05) is 16.5 Å². The standard InChI is InChI=1S/C9H13N3O2S/c1-7-8(6-10-13)15-9(11-7)12-2-4-14-5-3-12/h6,13H,2-5H2,1H3/b10-6+. The van der Waals surface area contributed by atoms with E-state index in [0.29, 0.717) is 0 Å². The third-order valence-corrected chi connectivity index (χ3v) is 3.43. The predicted octanol–water partition coefficient (Wildman–Crippen LogP) is 1.10. The van der Waals surface area contributed by atoms with Crippen LogP contribution < -0.4 is 4.90 Å². The van der Waals surface area contributed by atoms with Gasteiger partial charge in [-0.05, 0) is 6.92 Å². The minimum Gasteiger partial charge on any atom is -0.411 e. The van der Waals surface area contributed by atoms with Crippen molar-refractivity contribution in [3.05, 3.63) is 10.6 Å². The van der Waals surface area contributed by atoms with E-state index in [2.05, 4.69) is 15.0 Å². The second-order valence-electron chi connectivity index (χ2n) is 3.29. The van der Waals surface area contributed by atoms with E-state index < -0.39 is 0 Å². The molecule has 0 spiro atoms. The SMILES string of the molecule is Cc1nc(N2CCOCC2)sc1/C=N/O. The Morgan fingerprint density at radius 2 is 2.27 bits per heavy atom. The van der Waals surface area contributed by atoms with E-state index in [1.165, 1.54) is 6.21 Å². The molecule has 1 saturated heterocycles. The van der Waals surface area contributed by atoms with Gasteiger partial charge in [0.1, 0.15) is 0 Å². The van der Waals surface area contributed by atoms with Crippen LogP contribution in [0.15, 0.2) is 5.16 Å². The summed E-state index contributed by atoms with van der Waals surface area (Å²) in [7, 11) is 0. The average molecular weight is 227 g/mol. The first-order valence-electron chi connectivity index (χ1n) is 4.79. The average Bonchev–Trinajstić information content (AvgIpc) is 2.63. The lowest BCUT2D eigenvalue weighted by molar-refractivity contribution is 0.122. The lowest BCUT2D eigenvalue weighted by Crippen LogP contribution is -2.36. The number of nitrogens with zero attached hydrogens (tertiary/aromatic N) is 3. The van der Waals surface area contributed by atoms with Gasteiger partial charge in [0.15, 0.2) is 5.13 Å². The summed E-state index contributed by atoms with van der Waals surface area (Å²) in [5.41, 5.74) is 0.902. The van der Waals surface area contributed by atoms with Crippen LogP contribution in [0.1, 0.15) is 10.6 Å². The van der Waals surface area contributed by atoms with Crippen molar-refractivity contribution in [1.82, 2.24) is 4.98 Å². The monoisotopic (exact) mass is 227 g/mol. The first-order chi connectivity index (χ1) is 7.31. The molecule has 1 aromatic rings. The van der Waals surface area contributed by atoms with Gasteiger partial charge in [-0.3, -0.25) is 0 Å². The molecule has 2 heterocycles. The molecule has 0 atom stereocenters. The third-order valence-electron chi connectivity index (χ3n) is 2.28. The van der Waals surface area contributed by atoms with Crippen molar-refractivity contribution in [1.29, 1.82) is 0 Å². The van der Waals surface area contributed by atoms with Crippen LogP contribution in [0, 0.1) is 6.92 Å². The zero-order valence-electron chi connectivity index (χ0n) is 8.51. The van der Waals surface area contributed by atoms with Gasteiger partial charge in [0, 0.05) is 13.1 Å². The molecule has 1 fully saturated rings. The Bertz CT molecular complexity index is 358. The maximum atomic E-state index is 8.48. The molecule has 0 amide bonds. The number of hydrogen-bond acceptors (Lipinski definition) is 6. The smallest absolute Gasteiger partial charge is 0.186 e. The molecule has 82 valence electrons. The first-order valence-corrected chi connectivity index (χ1v) is 5.60. The number of aromatic nitrogens is 1. The van der Waals surface area contributed by atoms with Crippen molar-refractivity contribution in [3.63, 3.8) is 0 Å². The fourth-order valence-electron chi connectivity index (χ4n) is 1.46. The minimum absolute atomic E-state index is 0.752. The molecule has 0 saturated carbocycles. The summed E-state index contributed by atoms with van der Waals surface area (Å²) in [6.07, 6.45) is 1.43. The lowest BCUT2D eigenvalue weighted by Gasteiger charge is -2.25. The highest BCUT2D eigenvalue weighted by atomic mass is 32.1. The van der Waals surface area contributed by atoms with Crippen LogP contribution in [-0.4, -0.2) is 42.7 Å². The van der Waals surface area contributed by atoms with Gasteiger partial charge in [-0.15, -0.1) is 0 Å². The Morgan fingerprint density at radius 1 is 1.53 bits per heavy atom. The van der Waals surface area contributed by atoms with Gasteiger partial charge in [-0.25, -0.2) is 4.98 Å². The van der Waals surface area contributed by atoms with Gasteiger partial charge in [0.2, 0.25) is 0 Å².